The van der Waals surface area contributed by atoms with E-state index in [0.29, 0.717) is 5.17 Å². The molecule has 1 amide bonds. The van der Waals surface area contributed by atoms with Crippen LogP contribution in [0.15, 0.2) is 40.7 Å². The van der Waals surface area contributed by atoms with E-state index in [0.717, 1.165) is 28.2 Å². The van der Waals surface area contributed by atoms with Crippen molar-refractivity contribution in [2.75, 3.05) is 0 Å². The van der Waals surface area contributed by atoms with Crippen molar-refractivity contribution in [3.8, 4) is 0 Å². The van der Waals surface area contributed by atoms with E-state index >= 15 is 0 Å². The minimum Gasteiger partial charge on any atom is -0.481 e. The molecule has 1 aromatic carbocycles. The Hall–Kier alpha value is -2.61. The average molecular weight is 316 g/mol. The molecule has 1 fully saturated rings. The molecule has 1 saturated heterocycles. The molecule has 2 heterocycles. The molecule has 1 atom stereocenters. The molecule has 2 aromatic rings. The largest absolute Gasteiger partial charge is 0.481 e. The number of rotatable bonds is 4. The van der Waals surface area contributed by atoms with Crippen molar-refractivity contribution in [3.63, 3.8) is 0 Å². The molecular formula is C14H12N4O3S. The minimum atomic E-state index is -1.02. The highest BCUT2D eigenvalue weighted by atomic mass is 32.2. The summed E-state index contributed by atoms with van der Waals surface area (Å²) >= 11 is 1.07. The van der Waals surface area contributed by atoms with Gasteiger partial charge in [-0.1, -0.05) is 30.0 Å². The summed E-state index contributed by atoms with van der Waals surface area (Å²) in [5.74, 6) is -1.37. The second-order valence-electron chi connectivity index (χ2n) is 4.63. The van der Waals surface area contributed by atoms with Gasteiger partial charge in [0.05, 0.1) is 12.6 Å². The Labute approximate surface area is 129 Å². The standard InChI is InChI=1S/C14H12N4O3S/c19-12(20)5-11-13(21)17-14(22-11)18-16-7-8-6-15-10-4-2-1-3-9(8)10/h1-4,6-7,11,15H,5H2,(H,19,20)(H,17,18,21)/b16-7-/t11-/m1/s1. The van der Waals surface area contributed by atoms with Crippen LogP contribution in [0.2, 0.25) is 0 Å². The number of hydrogen-bond acceptors (Lipinski definition) is 5. The third kappa shape index (κ3) is 3.01. The minimum absolute atomic E-state index is 0.234. The zero-order valence-electron chi connectivity index (χ0n) is 11.3. The number of H-pyrrole nitrogens is 1. The summed E-state index contributed by atoms with van der Waals surface area (Å²) < 4.78 is 0. The lowest BCUT2D eigenvalue weighted by Crippen LogP contribution is -2.26. The topological polar surface area (TPSA) is 107 Å². The SMILES string of the molecule is O=C(O)C[C@H]1S/C(=N\N=C/c2c[nH]c3ccccc23)NC1=O. The maximum absolute atomic E-state index is 11.6. The Bertz CT molecular complexity index is 796. The highest BCUT2D eigenvalue weighted by Gasteiger charge is 2.32. The summed E-state index contributed by atoms with van der Waals surface area (Å²) in [4.78, 5) is 25.3. The Kier molecular flexibility index (Phi) is 3.92. The molecule has 0 unspecified atom stereocenters. The number of nitrogens with zero attached hydrogens (tertiary/aromatic N) is 2. The van der Waals surface area contributed by atoms with Crippen molar-refractivity contribution in [1.29, 1.82) is 0 Å². The lowest BCUT2D eigenvalue weighted by atomic mass is 10.2. The van der Waals surface area contributed by atoms with E-state index in [-0.39, 0.29) is 12.3 Å². The van der Waals surface area contributed by atoms with Gasteiger partial charge in [-0.25, -0.2) is 0 Å². The van der Waals surface area contributed by atoms with Crippen molar-refractivity contribution in [1.82, 2.24) is 10.3 Å². The van der Waals surface area contributed by atoms with Crippen LogP contribution in [0.25, 0.3) is 10.9 Å². The Balaban J connectivity index is 1.72. The van der Waals surface area contributed by atoms with Gasteiger partial charge in [0, 0.05) is 22.7 Å². The second-order valence-corrected chi connectivity index (χ2v) is 5.82. The summed E-state index contributed by atoms with van der Waals surface area (Å²) in [6.07, 6.45) is 3.17. The number of amides is 1. The molecule has 1 aliphatic rings. The van der Waals surface area contributed by atoms with Crippen LogP contribution in [0.5, 0.6) is 0 Å². The molecule has 7 nitrogen and oxygen atoms in total. The quantitative estimate of drug-likeness (QED) is 0.588. The number of aromatic nitrogens is 1. The van der Waals surface area contributed by atoms with Crippen LogP contribution in [-0.2, 0) is 9.59 Å². The summed E-state index contributed by atoms with van der Waals surface area (Å²) in [6.45, 7) is 0. The van der Waals surface area contributed by atoms with Crippen molar-refractivity contribution in [2.24, 2.45) is 10.2 Å². The number of hydrogen-bond donors (Lipinski definition) is 3. The Morgan fingerprint density at radius 2 is 2.23 bits per heavy atom. The van der Waals surface area contributed by atoms with Gasteiger partial charge in [0.25, 0.3) is 0 Å². The van der Waals surface area contributed by atoms with E-state index in [1.165, 1.54) is 0 Å². The number of aromatic amines is 1. The molecule has 1 aliphatic heterocycles. The van der Waals surface area contributed by atoms with E-state index in [1.807, 2.05) is 30.5 Å². The van der Waals surface area contributed by atoms with Gasteiger partial charge in [0.15, 0.2) is 5.17 Å². The van der Waals surface area contributed by atoms with Crippen molar-refractivity contribution >= 4 is 45.9 Å². The molecule has 1 aromatic heterocycles. The fourth-order valence-electron chi connectivity index (χ4n) is 2.09. The first-order valence-corrected chi connectivity index (χ1v) is 7.38. The fourth-order valence-corrected chi connectivity index (χ4v) is 3.00. The number of carbonyl (C=O) groups is 2. The van der Waals surface area contributed by atoms with E-state index in [9.17, 15) is 9.59 Å². The summed E-state index contributed by atoms with van der Waals surface area (Å²) in [5.41, 5.74) is 1.89. The lowest BCUT2D eigenvalue weighted by Gasteiger charge is -1.97. The molecule has 0 aliphatic carbocycles. The van der Waals surface area contributed by atoms with Crippen LogP contribution in [-0.4, -0.2) is 38.6 Å². The smallest absolute Gasteiger partial charge is 0.305 e. The maximum Gasteiger partial charge on any atom is 0.305 e. The van der Waals surface area contributed by atoms with Gasteiger partial charge in [0.1, 0.15) is 5.25 Å². The molecule has 0 saturated carbocycles. The first-order chi connectivity index (χ1) is 10.6. The molecule has 0 bridgehead atoms. The molecule has 3 N–H and O–H groups in total. The number of nitrogens with one attached hydrogen (secondary N) is 2. The molecule has 0 spiro atoms. The second kappa shape index (κ2) is 6.02. The number of carboxylic acids is 1. The van der Waals surface area contributed by atoms with Gasteiger partial charge in [-0.2, -0.15) is 5.10 Å². The van der Waals surface area contributed by atoms with Gasteiger partial charge < -0.3 is 15.4 Å². The zero-order valence-corrected chi connectivity index (χ0v) is 12.1. The van der Waals surface area contributed by atoms with Gasteiger partial charge >= 0.3 is 5.97 Å². The van der Waals surface area contributed by atoms with Crippen molar-refractivity contribution in [3.05, 3.63) is 36.0 Å². The molecule has 112 valence electrons. The van der Waals surface area contributed by atoms with Gasteiger partial charge in [0.2, 0.25) is 5.91 Å². The Morgan fingerprint density at radius 3 is 3.05 bits per heavy atom. The number of aliphatic carboxylic acids is 1. The summed E-state index contributed by atoms with van der Waals surface area (Å²) in [5, 5.41) is 19.8. The first-order valence-electron chi connectivity index (χ1n) is 6.50. The maximum atomic E-state index is 11.6. The van der Waals surface area contributed by atoms with Gasteiger partial charge in [-0.15, -0.1) is 5.10 Å². The van der Waals surface area contributed by atoms with Crippen LogP contribution in [0.3, 0.4) is 0 Å². The molecule has 0 radical (unpaired) electrons. The first kappa shape index (κ1) is 14.3. The third-order valence-electron chi connectivity index (χ3n) is 3.10. The number of fused-ring (bicyclic) bond motifs is 1. The number of carbonyl (C=O) groups excluding carboxylic acids is 1. The lowest BCUT2D eigenvalue weighted by molar-refractivity contribution is -0.138. The van der Waals surface area contributed by atoms with Crippen LogP contribution in [0, 0.1) is 0 Å². The van der Waals surface area contributed by atoms with Crippen molar-refractivity contribution < 1.29 is 14.7 Å². The fraction of sp³-hybridized carbons (Fsp3) is 0.143. The van der Waals surface area contributed by atoms with E-state index in [1.54, 1.807) is 6.21 Å². The summed E-state index contributed by atoms with van der Waals surface area (Å²) in [6, 6.07) is 7.80. The highest BCUT2D eigenvalue weighted by molar-refractivity contribution is 8.15. The van der Waals surface area contributed by atoms with E-state index in [2.05, 4.69) is 20.5 Å². The third-order valence-corrected chi connectivity index (χ3v) is 4.18. The predicted molar refractivity (Wildman–Crippen MR) is 85.1 cm³/mol. The number of amidine groups is 1. The van der Waals surface area contributed by atoms with Crippen molar-refractivity contribution in [2.45, 2.75) is 11.7 Å². The molecular weight excluding hydrogens is 304 g/mol. The number of para-hydroxylation sites is 1. The zero-order chi connectivity index (χ0) is 15.5. The number of benzene rings is 1. The van der Waals surface area contributed by atoms with Crippen LogP contribution < -0.4 is 5.32 Å². The average Bonchev–Trinajstić information content (AvgIpc) is 3.04. The molecule has 22 heavy (non-hydrogen) atoms. The van der Waals surface area contributed by atoms with Crippen LogP contribution in [0.1, 0.15) is 12.0 Å². The monoisotopic (exact) mass is 316 g/mol. The predicted octanol–water partition coefficient (Wildman–Crippen LogP) is 1.56. The number of thioether (sulfide) groups is 1. The van der Waals surface area contributed by atoms with Crippen LogP contribution in [0.4, 0.5) is 0 Å². The highest BCUT2D eigenvalue weighted by Crippen LogP contribution is 2.22. The normalized spacial score (nSPS) is 20.1. The molecule has 3 rings (SSSR count). The van der Waals surface area contributed by atoms with Gasteiger partial charge in [-0.05, 0) is 6.07 Å². The number of carboxylic acid groups (broad SMARTS) is 1. The summed E-state index contributed by atoms with van der Waals surface area (Å²) in [7, 11) is 0. The Morgan fingerprint density at radius 1 is 1.41 bits per heavy atom. The van der Waals surface area contributed by atoms with E-state index < -0.39 is 11.2 Å². The van der Waals surface area contributed by atoms with Crippen LogP contribution >= 0.6 is 11.8 Å². The van der Waals surface area contributed by atoms with E-state index in [4.69, 9.17) is 5.11 Å². The molecule has 8 heteroatoms. The van der Waals surface area contributed by atoms with Gasteiger partial charge in [-0.3, -0.25) is 9.59 Å².